The van der Waals surface area contributed by atoms with E-state index >= 15 is 0 Å². The van der Waals surface area contributed by atoms with E-state index in [1.54, 1.807) is 0 Å². The number of amidine groups is 1. The van der Waals surface area contributed by atoms with Crippen LogP contribution < -0.4 is 4.57 Å². The fourth-order valence-electron chi connectivity index (χ4n) is 7.60. The fraction of sp³-hybridized carbons (Fsp3) is 0.261. The Balaban J connectivity index is 1.02. The monoisotopic (exact) mass is 717 g/mol. The van der Waals surface area contributed by atoms with Crippen LogP contribution in [0.2, 0.25) is 0 Å². The fourth-order valence-corrected chi connectivity index (χ4v) is 7.60. The summed E-state index contributed by atoms with van der Waals surface area (Å²) >= 11 is 0. The number of likely N-dealkylation sites (N-methyl/N-ethyl adjacent to an activating group) is 1. The number of para-hydroxylation sites is 2. The quantitative estimate of drug-likeness (QED) is 0.0834. The van der Waals surface area contributed by atoms with Gasteiger partial charge in [0.2, 0.25) is 0 Å². The first-order chi connectivity index (χ1) is 26.0. The maximum Gasteiger partial charge on any atom is 0.327 e. The number of pyridine rings is 1. The largest absolute Gasteiger partial charge is 0.481 e. The zero-order valence-corrected chi connectivity index (χ0v) is 31.5. The topological polar surface area (TPSA) is 95.4 Å². The van der Waals surface area contributed by atoms with Gasteiger partial charge in [0.15, 0.2) is 5.71 Å². The van der Waals surface area contributed by atoms with Crippen LogP contribution in [0.25, 0.3) is 38.8 Å². The average Bonchev–Trinajstić information content (AvgIpc) is 3.89. The van der Waals surface area contributed by atoms with Crippen LogP contribution in [0.4, 0.5) is 5.82 Å². The molecule has 54 heavy (non-hydrogen) atoms. The molecule has 5 aromatic rings. The highest BCUT2D eigenvalue weighted by Gasteiger charge is 2.43. The Kier molecular flexibility index (Phi) is 8.92. The van der Waals surface area contributed by atoms with Crippen LogP contribution in [-0.4, -0.2) is 34.6 Å². The van der Waals surface area contributed by atoms with Crippen molar-refractivity contribution in [1.29, 1.82) is 0 Å². The first kappa shape index (κ1) is 35.0. The predicted molar refractivity (Wildman–Crippen MR) is 216 cm³/mol. The number of nitrogens with zero attached hydrogens (tertiary/aromatic N) is 4. The van der Waals surface area contributed by atoms with E-state index < -0.39 is 5.97 Å². The third-order valence-corrected chi connectivity index (χ3v) is 10.8. The highest BCUT2D eigenvalue weighted by molar-refractivity contribution is 6.09. The molecule has 0 saturated heterocycles. The predicted octanol–water partition coefficient (Wildman–Crippen LogP) is 10.5. The van der Waals surface area contributed by atoms with Crippen molar-refractivity contribution in [2.75, 3.05) is 7.05 Å². The molecule has 0 aliphatic carbocycles. The molecule has 8 rings (SSSR count). The molecule has 0 spiro atoms. The first-order valence-electron chi connectivity index (χ1n) is 18.7. The Morgan fingerprint density at radius 3 is 2.28 bits per heavy atom. The minimum absolute atomic E-state index is 0.188. The van der Waals surface area contributed by atoms with E-state index in [2.05, 4.69) is 110 Å². The molecule has 0 amide bonds. The number of fused-ring (bicyclic) bond motifs is 4. The Morgan fingerprint density at radius 1 is 0.852 bits per heavy atom. The summed E-state index contributed by atoms with van der Waals surface area (Å²) in [6.45, 7) is 9.59. The number of furan rings is 2. The summed E-state index contributed by atoms with van der Waals surface area (Å²) in [4.78, 5) is 23.4. The van der Waals surface area contributed by atoms with Crippen LogP contribution in [0.1, 0.15) is 64.7 Å². The Labute approximate surface area is 315 Å². The SMILES string of the molecule is CN1C=C(c2cc3ccccc3o2)C=C2C1=NC(=CC=CC=CC1=Nc3c(cc(-c4cc5ccccc5o4)c[n+]3CCCCCC(=O)O)C1(C)C)C2(C)C. The normalized spacial score (nSPS) is 18.1. The lowest BCUT2D eigenvalue weighted by Gasteiger charge is -2.27. The van der Waals surface area contributed by atoms with Crippen molar-refractivity contribution in [2.24, 2.45) is 15.4 Å². The van der Waals surface area contributed by atoms with Gasteiger partial charge in [-0.3, -0.25) is 4.79 Å². The molecule has 1 N–H and O–H groups in total. The molecule has 272 valence electrons. The van der Waals surface area contributed by atoms with Gasteiger partial charge in [0.1, 0.15) is 34.7 Å². The van der Waals surface area contributed by atoms with Crippen LogP contribution in [0, 0.1) is 5.41 Å². The van der Waals surface area contributed by atoms with Crippen molar-refractivity contribution in [3.63, 3.8) is 0 Å². The Hall–Kier alpha value is -6.02. The third-order valence-electron chi connectivity index (χ3n) is 10.8. The molecule has 0 fully saturated rings. The van der Waals surface area contributed by atoms with Crippen LogP contribution in [0.5, 0.6) is 0 Å². The summed E-state index contributed by atoms with van der Waals surface area (Å²) in [5, 5.41) is 11.3. The van der Waals surface area contributed by atoms with E-state index in [1.165, 1.54) is 0 Å². The maximum absolute atomic E-state index is 11.1. The molecule has 0 saturated carbocycles. The lowest BCUT2D eigenvalue weighted by Crippen LogP contribution is -2.35. The highest BCUT2D eigenvalue weighted by atomic mass is 16.4. The van der Waals surface area contributed by atoms with Crippen molar-refractivity contribution in [3.05, 3.63) is 138 Å². The van der Waals surface area contributed by atoms with E-state index in [0.717, 1.165) is 98.2 Å². The van der Waals surface area contributed by atoms with Crippen molar-refractivity contribution < 1.29 is 23.3 Å². The molecule has 3 aliphatic heterocycles. The van der Waals surface area contributed by atoms with Crippen LogP contribution in [-0.2, 0) is 16.8 Å². The van der Waals surface area contributed by atoms with Crippen LogP contribution in [0.15, 0.2) is 146 Å². The summed E-state index contributed by atoms with van der Waals surface area (Å²) < 4.78 is 14.7. The summed E-state index contributed by atoms with van der Waals surface area (Å²) in [5.74, 6) is 2.80. The Morgan fingerprint density at radius 2 is 1.56 bits per heavy atom. The highest BCUT2D eigenvalue weighted by Crippen LogP contribution is 2.46. The van der Waals surface area contributed by atoms with Gasteiger partial charge in [-0.2, -0.15) is 0 Å². The standard InChI is InChI=1S/C46H44N4O4/c1-45(2)34-24-32(38-26-30-16-11-13-18-36(30)53-38)28-49(5)43(34)47-40(45)20-8-6-9-21-41-46(3,4)35-25-33(39-27-31-17-12-14-19-37(31)54-39)29-50(44(35)48-41)23-15-7-10-22-42(51)52/h6,8-9,11-14,16-21,24-29H,7,10,15,22-23H2,1-5H3/p+1. The first-order valence-corrected chi connectivity index (χ1v) is 18.7. The van der Waals surface area contributed by atoms with Gasteiger partial charge in [-0.25, -0.2) is 9.56 Å². The number of hydrogen-bond donors (Lipinski definition) is 1. The maximum atomic E-state index is 11.1. The number of carboxylic acid groups (broad SMARTS) is 1. The zero-order chi connectivity index (χ0) is 37.6. The van der Waals surface area contributed by atoms with Crippen molar-refractivity contribution in [1.82, 2.24) is 4.90 Å². The number of rotatable bonds is 11. The van der Waals surface area contributed by atoms with E-state index in [0.29, 0.717) is 6.42 Å². The van der Waals surface area contributed by atoms with Gasteiger partial charge in [-0.1, -0.05) is 68.5 Å². The van der Waals surface area contributed by atoms with Gasteiger partial charge in [-0.15, -0.1) is 0 Å². The summed E-state index contributed by atoms with van der Waals surface area (Å²) in [7, 11) is 2.04. The molecular weight excluding hydrogens is 673 g/mol. The third kappa shape index (κ3) is 6.46. The number of aliphatic carboxylic acids is 1. The lowest BCUT2D eigenvalue weighted by molar-refractivity contribution is -0.684. The number of aliphatic imine (C=N–C) groups is 2. The molecule has 3 aliphatic rings. The van der Waals surface area contributed by atoms with Gasteiger partial charge >= 0.3 is 11.8 Å². The summed E-state index contributed by atoms with van der Waals surface area (Å²) in [6.07, 6.45) is 19.3. The minimum Gasteiger partial charge on any atom is -0.481 e. The van der Waals surface area contributed by atoms with Gasteiger partial charge in [0.25, 0.3) is 0 Å². The molecular formula is C46H45N4O4+. The number of carboxylic acids is 1. The number of aryl methyl sites for hydroxylation is 1. The second-order valence-corrected chi connectivity index (χ2v) is 15.4. The van der Waals surface area contributed by atoms with Crippen LogP contribution in [0.3, 0.4) is 0 Å². The second-order valence-electron chi connectivity index (χ2n) is 15.4. The molecule has 6 heterocycles. The molecule has 2 aromatic carbocycles. The molecule has 0 atom stereocenters. The molecule has 8 heteroatoms. The molecule has 3 aromatic heterocycles. The van der Waals surface area contributed by atoms with Crippen molar-refractivity contribution in [3.8, 4) is 11.3 Å². The molecule has 0 bridgehead atoms. The number of aromatic nitrogens is 1. The van der Waals surface area contributed by atoms with Crippen molar-refractivity contribution in [2.45, 2.75) is 65.3 Å². The lowest BCUT2D eigenvalue weighted by atomic mass is 9.80. The number of carbonyl (C=O) groups is 1. The van der Waals surface area contributed by atoms with Crippen molar-refractivity contribution >= 4 is 50.8 Å². The summed E-state index contributed by atoms with van der Waals surface area (Å²) in [5.41, 5.74) is 7.39. The van der Waals surface area contributed by atoms with E-state index in [9.17, 15) is 4.79 Å². The summed E-state index contributed by atoms with van der Waals surface area (Å²) in [6, 6.07) is 22.5. The number of allylic oxidation sites excluding steroid dienone is 8. The van der Waals surface area contributed by atoms with Crippen LogP contribution >= 0.6 is 0 Å². The van der Waals surface area contributed by atoms with E-state index in [1.807, 2.05) is 49.5 Å². The van der Waals surface area contributed by atoms with E-state index in [-0.39, 0.29) is 17.3 Å². The number of unbranched alkanes of at least 4 members (excludes halogenated alkanes) is 2. The Bertz CT molecular complexity index is 2460. The number of benzene rings is 2. The number of hydrogen-bond acceptors (Lipinski definition) is 6. The van der Waals surface area contributed by atoms with E-state index in [4.69, 9.17) is 23.9 Å². The zero-order valence-electron chi connectivity index (χ0n) is 31.5. The van der Waals surface area contributed by atoms with Gasteiger partial charge in [-0.05, 0) is 86.7 Å². The second kappa shape index (κ2) is 13.8. The smallest absolute Gasteiger partial charge is 0.327 e. The molecule has 0 unspecified atom stereocenters. The molecule has 8 nitrogen and oxygen atoms in total. The molecule has 0 radical (unpaired) electrons. The van der Waals surface area contributed by atoms with Gasteiger partial charge in [0.05, 0.1) is 28.8 Å². The average molecular weight is 718 g/mol. The van der Waals surface area contributed by atoms with Gasteiger partial charge < -0.3 is 18.8 Å². The van der Waals surface area contributed by atoms with Gasteiger partial charge in [0, 0.05) is 47.0 Å². The minimum atomic E-state index is -0.752.